The predicted octanol–water partition coefficient (Wildman–Crippen LogP) is 5.88. The van der Waals surface area contributed by atoms with Crippen molar-refractivity contribution in [3.8, 4) is 11.4 Å². The summed E-state index contributed by atoms with van der Waals surface area (Å²) in [6.07, 6.45) is 0. The van der Waals surface area contributed by atoms with Gasteiger partial charge in [-0.2, -0.15) is 0 Å². The van der Waals surface area contributed by atoms with E-state index in [1.165, 1.54) is 0 Å². The van der Waals surface area contributed by atoms with Crippen LogP contribution in [0.1, 0.15) is 32.4 Å². The molecule has 1 aromatic heterocycles. The Balaban J connectivity index is 2.59. The third kappa shape index (κ3) is 3.76. The summed E-state index contributed by atoms with van der Waals surface area (Å²) >= 11 is 13.1. The van der Waals surface area contributed by atoms with Gasteiger partial charge in [0.15, 0.2) is 5.82 Å². The molecule has 1 aromatic carbocycles. The molecule has 0 aliphatic heterocycles. The lowest BCUT2D eigenvalue weighted by molar-refractivity contribution is 0.809. The molecule has 0 bridgehead atoms. The molecule has 0 fully saturated rings. The van der Waals surface area contributed by atoms with Crippen LogP contribution in [0.2, 0.25) is 5.02 Å². The Kier molecular flexibility index (Phi) is 5.63. The number of halogens is 3. The molecule has 0 unspecified atom stereocenters. The zero-order chi connectivity index (χ0) is 15.6. The fraction of sp³-hybridized carbons (Fsp3) is 0.333. The van der Waals surface area contributed by atoms with E-state index in [2.05, 4.69) is 56.0 Å². The Morgan fingerprint density at radius 1 is 1.24 bits per heavy atom. The largest absolute Gasteiger partial charge is 0.369 e. The van der Waals surface area contributed by atoms with Crippen molar-refractivity contribution in [2.75, 3.05) is 11.9 Å². The van der Waals surface area contributed by atoms with Gasteiger partial charge in [-0.15, -0.1) is 0 Å². The Hall–Kier alpha value is -0.650. The van der Waals surface area contributed by atoms with Crippen molar-refractivity contribution in [2.24, 2.45) is 0 Å². The fourth-order valence-electron chi connectivity index (χ4n) is 1.90. The van der Waals surface area contributed by atoms with Crippen LogP contribution in [0, 0.1) is 0 Å². The van der Waals surface area contributed by atoms with E-state index in [1.807, 2.05) is 25.1 Å². The van der Waals surface area contributed by atoms with E-state index in [9.17, 15) is 0 Å². The Labute approximate surface area is 146 Å². The van der Waals surface area contributed by atoms with E-state index in [4.69, 9.17) is 16.6 Å². The molecule has 21 heavy (non-hydrogen) atoms. The van der Waals surface area contributed by atoms with Crippen LogP contribution in [0.5, 0.6) is 0 Å². The topological polar surface area (TPSA) is 37.8 Å². The summed E-state index contributed by atoms with van der Waals surface area (Å²) in [6.45, 7) is 7.08. The number of hydrogen-bond acceptors (Lipinski definition) is 3. The van der Waals surface area contributed by atoms with Crippen molar-refractivity contribution in [1.82, 2.24) is 9.97 Å². The lowest BCUT2D eigenvalue weighted by Gasteiger charge is -2.14. The highest BCUT2D eigenvalue weighted by Gasteiger charge is 2.16. The van der Waals surface area contributed by atoms with Gasteiger partial charge in [-0.3, -0.25) is 0 Å². The van der Waals surface area contributed by atoms with Crippen molar-refractivity contribution < 1.29 is 0 Å². The number of nitrogens with one attached hydrogen (secondary N) is 1. The van der Waals surface area contributed by atoms with Gasteiger partial charge < -0.3 is 5.32 Å². The van der Waals surface area contributed by atoms with Crippen LogP contribution in [-0.2, 0) is 0 Å². The van der Waals surface area contributed by atoms with Gasteiger partial charge in [0.05, 0.1) is 15.2 Å². The molecule has 1 heterocycles. The minimum atomic E-state index is 0.300. The van der Waals surface area contributed by atoms with Gasteiger partial charge in [-0.1, -0.05) is 25.4 Å². The number of hydrogen-bond donors (Lipinski definition) is 1. The smallest absolute Gasteiger partial charge is 0.161 e. The number of nitrogens with zero attached hydrogens (tertiary/aromatic N) is 2. The quantitative estimate of drug-likeness (QED) is 0.655. The first-order valence-corrected chi connectivity index (χ1v) is 8.67. The maximum atomic E-state index is 6.05. The molecule has 2 aromatic rings. The van der Waals surface area contributed by atoms with Gasteiger partial charge in [-0.25, -0.2) is 9.97 Å². The SMILES string of the molecule is CCNc1nc(-c2ccc(Cl)c(Br)c2)nc(C(C)C)c1Br. The minimum absolute atomic E-state index is 0.300. The van der Waals surface area contributed by atoms with E-state index < -0.39 is 0 Å². The Morgan fingerprint density at radius 2 is 1.95 bits per heavy atom. The van der Waals surface area contributed by atoms with Gasteiger partial charge >= 0.3 is 0 Å². The minimum Gasteiger partial charge on any atom is -0.369 e. The molecule has 0 saturated carbocycles. The summed E-state index contributed by atoms with van der Waals surface area (Å²) in [4.78, 5) is 9.31. The normalized spacial score (nSPS) is 11.0. The molecule has 0 aliphatic rings. The molecule has 112 valence electrons. The number of aromatic nitrogens is 2. The second-order valence-corrected chi connectivity index (χ2v) is 6.96. The summed E-state index contributed by atoms with van der Waals surface area (Å²) < 4.78 is 1.76. The van der Waals surface area contributed by atoms with Crippen LogP contribution < -0.4 is 5.32 Å². The van der Waals surface area contributed by atoms with Gasteiger partial charge in [0.1, 0.15) is 5.82 Å². The second-order valence-electron chi connectivity index (χ2n) is 4.91. The van der Waals surface area contributed by atoms with Crippen LogP contribution in [0.3, 0.4) is 0 Å². The summed E-state index contributed by atoms with van der Waals surface area (Å²) in [7, 11) is 0. The first-order valence-electron chi connectivity index (χ1n) is 6.70. The van der Waals surface area contributed by atoms with Crippen LogP contribution >= 0.6 is 43.5 Å². The van der Waals surface area contributed by atoms with Crippen molar-refractivity contribution >= 4 is 49.3 Å². The third-order valence-corrected chi connectivity index (χ3v) is 4.94. The van der Waals surface area contributed by atoms with E-state index in [-0.39, 0.29) is 0 Å². The van der Waals surface area contributed by atoms with Gasteiger partial charge in [0, 0.05) is 16.6 Å². The molecule has 0 aliphatic carbocycles. The van der Waals surface area contributed by atoms with E-state index in [0.717, 1.165) is 32.6 Å². The molecule has 1 N–H and O–H groups in total. The number of rotatable bonds is 4. The zero-order valence-electron chi connectivity index (χ0n) is 12.0. The fourth-order valence-corrected chi connectivity index (χ4v) is 3.17. The summed E-state index contributed by atoms with van der Waals surface area (Å²) in [6, 6.07) is 5.70. The second kappa shape index (κ2) is 7.07. The maximum Gasteiger partial charge on any atom is 0.161 e. The van der Waals surface area contributed by atoms with E-state index in [0.29, 0.717) is 16.8 Å². The highest BCUT2D eigenvalue weighted by atomic mass is 79.9. The Morgan fingerprint density at radius 3 is 2.52 bits per heavy atom. The highest BCUT2D eigenvalue weighted by Crippen LogP contribution is 2.33. The van der Waals surface area contributed by atoms with Crippen molar-refractivity contribution in [1.29, 1.82) is 0 Å². The number of benzene rings is 1. The average molecular weight is 434 g/mol. The van der Waals surface area contributed by atoms with Crippen LogP contribution in [0.15, 0.2) is 27.1 Å². The summed E-state index contributed by atoms with van der Waals surface area (Å²) in [5.41, 5.74) is 1.92. The molecule has 0 saturated heterocycles. The highest BCUT2D eigenvalue weighted by molar-refractivity contribution is 9.11. The molecule has 2 rings (SSSR count). The average Bonchev–Trinajstić information content (AvgIpc) is 2.44. The standard InChI is InChI=1S/C15H16Br2ClN3/c1-4-19-15-12(17)13(8(2)3)20-14(21-15)9-5-6-11(18)10(16)7-9/h5-8H,4H2,1-3H3,(H,19,20,21). The monoisotopic (exact) mass is 431 g/mol. The van der Waals surface area contributed by atoms with Gasteiger partial charge in [-0.05, 0) is 62.9 Å². The van der Waals surface area contributed by atoms with Gasteiger partial charge in [0.25, 0.3) is 0 Å². The van der Waals surface area contributed by atoms with Gasteiger partial charge in [0.2, 0.25) is 0 Å². The third-order valence-electron chi connectivity index (χ3n) is 2.95. The van der Waals surface area contributed by atoms with Crippen LogP contribution in [-0.4, -0.2) is 16.5 Å². The van der Waals surface area contributed by atoms with E-state index >= 15 is 0 Å². The molecule has 0 spiro atoms. The summed E-state index contributed by atoms with van der Waals surface area (Å²) in [5.74, 6) is 1.81. The molecule has 0 atom stereocenters. The zero-order valence-corrected chi connectivity index (χ0v) is 16.0. The van der Waals surface area contributed by atoms with Crippen LogP contribution in [0.25, 0.3) is 11.4 Å². The Bertz CT molecular complexity index is 660. The van der Waals surface area contributed by atoms with Crippen molar-refractivity contribution in [3.05, 3.63) is 37.9 Å². The molecular weight excluding hydrogens is 417 g/mol. The lowest BCUT2D eigenvalue weighted by atomic mass is 10.1. The molecule has 0 amide bonds. The number of anilines is 1. The first-order chi connectivity index (χ1) is 9.93. The predicted molar refractivity (Wildman–Crippen MR) is 96.1 cm³/mol. The molecular formula is C15H16Br2ClN3. The molecule has 3 nitrogen and oxygen atoms in total. The first kappa shape index (κ1) is 16.7. The van der Waals surface area contributed by atoms with Crippen molar-refractivity contribution in [3.63, 3.8) is 0 Å². The van der Waals surface area contributed by atoms with Crippen LogP contribution in [0.4, 0.5) is 5.82 Å². The molecule has 6 heteroatoms. The summed E-state index contributed by atoms with van der Waals surface area (Å²) in [5, 5.41) is 3.94. The van der Waals surface area contributed by atoms with Crippen molar-refractivity contribution in [2.45, 2.75) is 26.7 Å². The maximum absolute atomic E-state index is 6.05. The van der Waals surface area contributed by atoms with E-state index in [1.54, 1.807) is 0 Å². The lowest BCUT2D eigenvalue weighted by Crippen LogP contribution is -2.07. The molecule has 0 radical (unpaired) electrons.